The van der Waals surface area contributed by atoms with Crippen molar-refractivity contribution in [1.82, 2.24) is 0 Å². The van der Waals surface area contributed by atoms with Gasteiger partial charge in [0, 0.05) is 11.5 Å². The Balaban J connectivity index is 2.18. The average Bonchev–Trinajstić information content (AvgIpc) is 2.54. The van der Waals surface area contributed by atoms with Crippen LogP contribution in [0, 0.1) is 5.92 Å². The van der Waals surface area contributed by atoms with Crippen molar-refractivity contribution in [3.05, 3.63) is 47.1 Å². The number of benzene rings is 1. The Morgan fingerprint density at radius 3 is 2.36 bits per heavy atom. The zero-order chi connectivity index (χ0) is 18.4. The minimum atomic E-state index is 0.0184. The fourth-order valence-electron chi connectivity index (χ4n) is 4.00. The van der Waals surface area contributed by atoms with Gasteiger partial charge in [0.2, 0.25) is 0 Å². The maximum atomic E-state index is 10.6. The fraction of sp³-hybridized carbons (Fsp3) is 0.565. The van der Waals surface area contributed by atoms with Crippen LogP contribution in [0.25, 0.3) is 0 Å². The van der Waals surface area contributed by atoms with Crippen molar-refractivity contribution >= 4 is 0 Å². The predicted molar refractivity (Wildman–Crippen MR) is 106 cm³/mol. The topological polar surface area (TPSA) is 40.5 Å². The number of hydrogen-bond donors (Lipinski definition) is 2. The van der Waals surface area contributed by atoms with E-state index >= 15 is 0 Å². The summed E-state index contributed by atoms with van der Waals surface area (Å²) < 4.78 is 0. The van der Waals surface area contributed by atoms with E-state index < -0.39 is 0 Å². The molecule has 0 aliphatic heterocycles. The minimum Gasteiger partial charge on any atom is -0.507 e. The van der Waals surface area contributed by atoms with Crippen molar-refractivity contribution in [2.75, 3.05) is 0 Å². The quantitative estimate of drug-likeness (QED) is 0.411. The second-order valence-corrected chi connectivity index (χ2v) is 7.74. The number of aryl methyl sites for hydroxylation is 1. The molecule has 0 saturated heterocycles. The zero-order valence-corrected chi connectivity index (χ0v) is 16.1. The van der Waals surface area contributed by atoms with Crippen LogP contribution in [0.4, 0.5) is 0 Å². The second kappa shape index (κ2) is 9.12. The highest BCUT2D eigenvalue weighted by molar-refractivity contribution is 5.51. The summed E-state index contributed by atoms with van der Waals surface area (Å²) in [4.78, 5) is 0. The molecule has 2 atom stereocenters. The summed E-state index contributed by atoms with van der Waals surface area (Å²) in [6.07, 6.45) is 11.3. The Labute approximate surface area is 153 Å². The lowest BCUT2D eigenvalue weighted by Crippen LogP contribution is -2.17. The molecule has 0 heterocycles. The Bertz CT molecular complexity index is 604. The van der Waals surface area contributed by atoms with Crippen molar-refractivity contribution in [3.63, 3.8) is 0 Å². The van der Waals surface area contributed by atoms with Gasteiger partial charge in [0.25, 0.3) is 0 Å². The molecule has 0 bridgehead atoms. The lowest BCUT2D eigenvalue weighted by Gasteiger charge is -2.31. The van der Waals surface area contributed by atoms with Crippen LogP contribution in [0.1, 0.15) is 82.8 Å². The van der Waals surface area contributed by atoms with Crippen LogP contribution in [0.2, 0.25) is 0 Å². The standard InChI is InChI=1S/C23H34O2/c1-5-6-7-8-9-10-18-14-21(24)23(22(25)15-18)20-13-17(4)11-12-19(20)16(2)3/h13-15,19-20,24-25H,2,5-12H2,1,3-4H3/t19-,20+/m1/s1. The first-order chi connectivity index (χ1) is 11.9. The van der Waals surface area contributed by atoms with Crippen LogP contribution in [0.5, 0.6) is 11.5 Å². The van der Waals surface area contributed by atoms with E-state index in [0.29, 0.717) is 5.56 Å². The third kappa shape index (κ3) is 5.14. The van der Waals surface area contributed by atoms with Gasteiger partial charge in [0.1, 0.15) is 11.5 Å². The van der Waals surface area contributed by atoms with E-state index in [-0.39, 0.29) is 23.3 Å². The lowest BCUT2D eigenvalue weighted by atomic mass is 9.73. The molecule has 2 heteroatoms. The number of unbranched alkanes of at least 4 members (excludes halogenated alkanes) is 4. The molecule has 2 N–H and O–H groups in total. The number of rotatable bonds is 8. The maximum absolute atomic E-state index is 10.6. The molecule has 2 rings (SSSR count). The van der Waals surface area contributed by atoms with Gasteiger partial charge in [-0.1, -0.05) is 56.4 Å². The molecule has 0 saturated carbocycles. The summed E-state index contributed by atoms with van der Waals surface area (Å²) in [7, 11) is 0. The highest BCUT2D eigenvalue weighted by Gasteiger charge is 2.30. The SMILES string of the molecule is C=C(C)[C@H]1CCC(C)=C[C@@H]1c1c(O)cc(CCCCCCC)cc1O. The van der Waals surface area contributed by atoms with Crippen molar-refractivity contribution in [1.29, 1.82) is 0 Å². The van der Waals surface area contributed by atoms with E-state index in [1.54, 1.807) is 0 Å². The number of aromatic hydroxyl groups is 2. The smallest absolute Gasteiger partial charge is 0.123 e. The molecule has 138 valence electrons. The number of hydrogen-bond acceptors (Lipinski definition) is 2. The summed E-state index contributed by atoms with van der Waals surface area (Å²) in [5.41, 5.74) is 4.13. The molecule has 1 aromatic rings. The van der Waals surface area contributed by atoms with Crippen molar-refractivity contribution in [2.45, 2.75) is 78.1 Å². The number of phenols is 2. The van der Waals surface area contributed by atoms with E-state index in [9.17, 15) is 10.2 Å². The predicted octanol–water partition coefficient (Wildman–Crippen LogP) is 6.63. The molecular weight excluding hydrogens is 308 g/mol. The van der Waals surface area contributed by atoms with Crippen molar-refractivity contribution in [3.8, 4) is 11.5 Å². The lowest BCUT2D eigenvalue weighted by molar-refractivity contribution is 0.406. The van der Waals surface area contributed by atoms with Crippen LogP contribution in [-0.2, 0) is 6.42 Å². The Kier molecular flexibility index (Phi) is 7.16. The van der Waals surface area contributed by atoms with Gasteiger partial charge in [-0.2, -0.15) is 0 Å². The Morgan fingerprint density at radius 1 is 1.12 bits per heavy atom. The van der Waals surface area contributed by atoms with Crippen molar-refractivity contribution in [2.24, 2.45) is 5.92 Å². The van der Waals surface area contributed by atoms with Gasteiger partial charge in [-0.15, -0.1) is 0 Å². The molecule has 1 aliphatic carbocycles. The molecule has 0 radical (unpaired) electrons. The summed E-state index contributed by atoms with van der Waals surface area (Å²) in [6.45, 7) is 10.5. The highest BCUT2D eigenvalue weighted by atomic mass is 16.3. The van der Waals surface area contributed by atoms with Gasteiger partial charge >= 0.3 is 0 Å². The summed E-state index contributed by atoms with van der Waals surface area (Å²) >= 11 is 0. The minimum absolute atomic E-state index is 0.0184. The van der Waals surface area contributed by atoms with Gasteiger partial charge < -0.3 is 10.2 Å². The number of phenolic OH excluding ortho intramolecular Hbond substituents is 2. The van der Waals surface area contributed by atoms with Gasteiger partial charge in [-0.25, -0.2) is 0 Å². The third-order valence-electron chi connectivity index (χ3n) is 5.48. The van der Waals surface area contributed by atoms with Crippen molar-refractivity contribution < 1.29 is 10.2 Å². The Morgan fingerprint density at radius 2 is 1.76 bits per heavy atom. The zero-order valence-electron chi connectivity index (χ0n) is 16.1. The normalized spacial score (nSPS) is 20.4. The van der Waals surface area contributed by atoms with Crippen LogP contribution >= 0.6 is 0 Å². The van der Waals surface area contributed by atoms with E-state index in [4.69, 9.17) is 0 Å². The first-order valence-electron chi connectivity index (χ1n) is 9.81. The van der Waals surface area contributed by atoms with Gasteiger partial charge in [0.15, 0.2) is 0 Å². The molecular formula is C23H34O2. The number of allylic oxidation sites excluding steroid dienone is 3. The molecule has 0 fully saturated rings. The van der Waals surface area contributed by atoms with E-state index in [2.05, 4.69) is 26.5 Å². The molecule has 1 aromatic carbocycles. The van der Waals surface area contributed by atoms with Gasteiger partial charge in [0.05, 0.1) is 0 Å². The monoisotopic (exact) mass is 342 g/mol. The molecule has 25 heavy (non-hydrogen) atoms. The molecule has 0 spiro atoms. The first-order valence-corrected chi connectivity index (χ1v) is 9.81. The van der Waals surface area contributed by atoms with Crippen LogP contribution in [-0.4, -0.2) is 10.2 Å². The average molecular weight is 343 g/mol. The third-order valence-corrected chi connectivity index (χ3v) is 5.48. The van der Waals surface area contributed by atoms with E-state index in [1.165, 1.54) is 31.3 Å². The molecule has 0 unspecified atom stereocenters. The summed E-state index contributed by atoms with van der Waals surface area (Å²) in [5, 5.41) is 21.3. The molecule has 0 amide bonds. The maximum Gasteiger partial charge on any atom is 0.123 e. The summed E-state index contributed by atoms with van der Waals surface area (Å²) in [5.74, 6) is 0.752. The van der Waals surface area contributed by atoms with Gasteiger partial charge in [-0.3, -0.25) is 0 Å². The molecule has 1 aliphatic rings. The second-order valence-electron chi connectivity index (χ2n) is 7.74. The van der Waals surface area contributed by atoms with Crippen LogP contribution in [0.15, 0.2) is 35.9 Å². The van der Waals surface area contributed by atoms with E-state index in [1.807, 2.05) is 19.1 Å². The fourth-order valence-corrected chi connectivity index (χ4v) is 4.00. The molecule has 2 nitrogen and oxygen atoms in total. The largest absolute Gasteiger partial charge is 0.507 e. The van der Waals surface area contributed by atoms with E-state index in [0.717, 1.165) is 36.8 Å². The van der Waals surface area contributed by atoms with Crippen LogP contribution < -0.4 is 0 Å². The van der Waals surface area contributed by atoms with Gasteiger partial charge in [-0.05, 0) is 63.1 Å². The Hall–Kier alpha value is -1.70. The first kappa shape index (κ1) is 19.6. The highest BCUT2D eigenvalue weighted by Crippen LogP contribution is 2.46. The summed E-state index contributed by atoms with van der Waals surface area (Å²) in [6, 6.07) is 3.70. The molecule has 0 aromatic heterocycles. The van der Waals surface area contributed by atoms with Crippen LogP contribution in [0.3, 0.4) is 0 Å².